The summed E-state index contributed by atoms with van der Waals surface area (Å²) in [7, 11) is 0. The van der Waals surface area contributed by atoms with Crippen molar-refractivity contribution < 1.29 is 5.11 Å². The van der Waals surface area contributed by atoms with Crippen molar-refractivity contribution in [1.29, 1.82) is 0 Å². The third-order valence-electron chi connectivity index (χ3n) is 3.92. The predicted molar refractivity (Wildman–Crippen MR) is 87.4 cm³/mol. The van der Waals surface area contributed by atoms with Gasteiger partial charge in [-0.05, 0) is 16.8 Å². The van der Waals surface area contributed by atoms with E-state index in [1.54, 1.807) is 12.3 Å². The van der Waals surface area contributed by atoms with Crippen molar-refractivity contribution >= 4 is 17.0 Å². The summed E-state index contributed by atoms with van der Waals surface area (Å²) in [5.74, 6) is 0.291. The first-order valence-electron chi connectivity index (χ1n) is 7.48. The molecular weight excluding hydrogens is 262 g/mol. The number of aromatic hydroxyl groups is 1. The average molecular weight is 283 g/mol. The van der Waals surface area contributed by atoms with E-state index in [1.807, 2.05) is 30.3 Å². The molecule has 110 valence electrons. The van der Waals surface area contributed by atoms with Gasteiger partial charge < -0.3 is 10.4 Å². The second kappa shape index (κ2) is 6.70. The Hall–Kier alpha value is -1.91. The standard InChI is InChI=1S/C17H21N3O/c21-17-6-5-14-3-1-2-4-15(14)16(17)13-19-9-12-20-10-7-18-8-11-20/h1-6,13,18,21H,7-12H2. The quantitative estimate of drug-likeness (QED) is 0.842. The minimum atomic E-state index is 0.291. The zero-order valence-corrected chi connectivity index (χ0v) is 12.1. The Bertz CT molecular complexity index is 633. The zero-order chi connectivity index (χ0) is 14.5. The maximum absolute atomic E-state index is 10.0. The maximum Gasteiger partial charge on any atom is 0.124 e. The first-order chi connectivity index (χ1) is 10.3. The lowest BCUT2D eigenvalue weighted by molar-refractivity contribution is 0.248. The lowest BCUT2D eigenvalue weighted by atomic mass is 10.0. The van der Waals surface area contributed by atoms with Gasteiger partial charge in [-0.1, -0.05) is 30.3 Å². The van der Waals surface area contributed by atoms with Gasteiger partial charge in [-0.3, -0.25) is 9.89 Å². The van der Waals surface area contributed by atoms with E-state index in [2.05, 4.69) is 15.2 Å². The molecule has 1 saturated heterocycles. The van der Waals surface area contributed by atoms with Crippen LogP contribution in [0.25, 0.3) is 10.8 Å². The Morgan fingerprint density at radius 3 is 2.81 bits per heavy atom. The number of benzene rings is 2. The number of nitrogens with zero attached hydrogens (tertiary/aromatic N) is 2. The lowest BCUT2D eigenvalue weighted by Gasteiger charge is -2.26. The Morgan fingerprint density at radius 2 is 1.95 bits per heavy atom. The van der Waals surface area contributed by atoms with Crippen LogP contribution >= 0.6 is 0 Å². The van der Waals surface area contributed by atoms with E-state index in [0.29, 0.717) is 5.75 Å². The van der Waals surface area contributed by atoms with E-state index in [-0.39, 0.29) is 0 Å². The third kappa shape index (κ3) is 3.40. The Kier molecular flexibility index (Phi) is 4.48. The van der Waals surface area contributed by atoms with Crippen LogP contribution in [0.15, 0.2) is 41.4 Å². The van der Waals surface area contributed by atoms with Gasteiger partial charge in [0.25, 0.3) is 0 Å². The highest BCUT2D eigenvalue weighted by atomic mass is 16.3. The van der Waals surface area contributed by atoms with E-state index in [1.165, 1.54) is 0 Å². The predicted octanol–water partition coefficient (Wildman–Crippen LogP) is 1.87. The van der Waals surface area contributed by atoms with Crippen LogP contribution in [0.2, 0.25) is 0 Å². The summed E-state index contributed by atoms with van der Waals surface area (Å²) in [5.41, 5.74) is 0.813. The minimum absolute atomic E-state index is 0.291. The molecule has 1 aliphatic rings. The number of aliphatic imine (C=N–C) groups is 1. The number of fused-ring (bicyclic) bond motifs is 1. The normalized spacial score (nSPS) is 16.8. The number of phenolic OH excluding ortho intramolecular Hbond substituents is 1. The number of rotatable bonds is 4. The molecule has 4 nitrogen and oxygen atoms in total. The van der Waals surface area contributed by atoms with Gasteiger partial charge >= 0.3 is 0 Å². The molecule has 1 heterocycles. The second-order valence-electron chi connectivity index (χ2n) is 5.35. The van der Waals surface area contributed by atoms with E-state index in [0.717, 1.165) is 55.6 Å². The van der Waals surface area contributed by atoms with Crippen molar-refractivity contribution in [3.8, 4) is 5.75 Å². The Labute approximate surface area is 125 Å². The fraction of sp³-hybridized carbons (Fsp3) is 0.353. The van der Waals surface area contributed by atoms with E-state index >= 15 is 0 Å². The molecule has 0 aromatic heterocycles. The molecule has 0 aliphatic carbocycles. The van der Waals surface area contributed by atoms with Gasteiger partial charge in [-0.15, -0.1) is 0 Å². The first-order valence-corrected chi connectivity index (χ1v) is 7.48. The second-order valence-corrected chi connectivity index (χ2v) is 5.35. The molecule has 4 heteroatoms. The largest absolute Gasteiger partial charge is 0.507 e. The number of hydrogen-bond acceptors (Lipinski definition) is 4. The topological polar surface area (TPSA) is 47.9 Å². The summed E-state index contributed by atoms with van der Waals surface area (Å²) in [6.07, 6.45) is 1.81. The highest BCUT2D eigenvalue weighted by molar-refractivity contribution is 6.02. The van der Waals surface area contributed by atoms with Crippen molar-refractivity contribution in [2.24, 2.45) is 4.99 Å². The van der Waals surface area contributed by atoms with Gasteiger partial charge in [0.05, 0.1) is 6.54 Å². The van der Waals surface area contributed by atoms with E-state index in [9.17, 15) is 5.11 Å². The van der Waals surface area contributed by atoms with Gasteiger partial charge in [0.2, 0.25) is 0 Å². The van der Waals surface area contributed by atoms with Gasteiger partial charge in [0, 0.05) is 44.5 Å². The van der Waals surface area contributed by atoms with Crippen LogP contribution in [0, 0.1) is 0 Å². The van der Waals surface area contributed by atoms with Crippen LogP contribution in [-0.2, 0) is 0 Å². The molecule has 0 saturated carbocycles. The molecule has 2 aromatic rings. The van der Waals surface area contributed by atoms with Gasteiger partial charge in [-0.25, -0.2) is 0 Å². The fourth-order valence-electron chi connectivity index (χ4n) is 2.71. The van der Waals surface area contributed by atoms with Crippen LogP contribution in [0.3, 0.4) is 0 Å². The van der Waals surface area contributed by atoms with Crippen molar-refractivity contribution in [3.63, 3.8) is 0 Å². The Morgan fingerprint density at radius 1 is 1.14 bits per heavy atom. The molecule has 0 atom stereocenters. The van der Waals surface area contributed by atoms with Crippen LogP contribution in [0.1, 0.15) is 5.56 Å². The maximum atomic E-state index is 10.0. The lowest BCUT2D eigenvalue weighted by Crippen LogP contribution is -2.44. The van der Waals surface area contributed by atoms with E-state index in [4.69, 9.17) is 0 Å². The van der Waals surface area contributed by atoms with Gasteiger partial charge in [0.1, 0.15) is 5.75 Å². The molecule has 3 rings (SSSR count). The van der Waals surface area contributed by atoms with Gasteiger partial charge in [0.15, 0.2) is 0 Å². The summed E-state index contributed by atoms with van der Waals surface area (Å²) in [4.78, 5) is 6.91. The molecule has 0 amide bonds. The SMILES string of the molecule is Oc1ccc2ccccc2c1C=NCCN1CCNCC1. The van der Waals surface area contributed by atoms with Crippen molar-refractivity contribution in [2.45, 2.75) is 0 Å². The molecule has 1 fully saturated rings. The summed E-state index contributed by atoms with van der Waals surface area (Å²) >= 11 is 0. The highest BCUT2D eigenvalue weighted by Crippen LogP contribution is 2.25. The molecule has 2 N–H and O–H groups in total. The highest BCUT2D eigenvalue weighted by Gasteiger charge is 2.08. The smallest absolute Gasteiger partial charge is 0.124 e. The number of hydrogen-bond donors (Lipinski definition) is 2. The monoisotopic (exact) mass is 283 g/mol. The zero-order valence-electron chi connectivity index (χ0n) is 12.1. The van der Waals surface area contributed by atoms with Crippen LogP contribution in [-0.4, -0.2) is 55.5 Å². The number of phenols is 1. The summed E-state index contributed by atoms with van der Waals surface area (Å²) < 4.78 is 0. The number of piperazine rings is 1. The van der Waals surface area contributed by atoms with Crippen LogP contribution in [0.4, 0.5) is 0 Å². The third-order valence-corrected chi connectivity index (χ3v) is 3.92. The summed E-state index contributed by atoms with van der Waals surface area (Å²) in [6, 6.07) is 11.7. The van der Waals surface area contributed by atoms with Crippen LogP contribution in [0.5, 0.6) is 5.75 Å². The van der Waals surface area contributed by atoms with Crippen molar-refractivity contribution in [1.82, 2.24) is 10.2 Å². The van der Waals surface area contributed by atoms with E-state index < -0.39 is 0 Å². The molecule has 0 unspecified atom stereocenters. The molecule has 21 heavy (non-hydrogen) atoms. The van der Waals surface area contributed by atoms with Crippen LogP contribution < -0.4 is 5.32 Å². The molecule has 2 aromatic carbocycles. The van der Waals surface area contributed by atoms with Gasteiger partial charge in [-0.2, -0.15) is 0 Å². The average Bonchev–Trinajstić information content (AvgIpc) is 2.54. The van der Waals surface area contributed by atoms with Crippen molar-refractivity contribution in [3.05, 3.63) is 42.0 Å². The molecule has 0 radical (unpaired) electrons. The number of nitrogens with one attached hydrogen (secondary N) is 1. The summed E-state index contributed by atoms with van der Waals surface area (Å²) in [6.45, 7) is 6.05. The fourth-order valence-corrected chi connectivity index (χ4v) is 2.71. The molecule has 0 bridgehead atoms. The molecule has 0 spiro atoms. The Balaban J connectivity index is 1.69. The molecular formula is C17H21N3O. The molecule has 1 aliphatic heterocycles. The summed E-state index contributed by atoms with van der Waals surface area (Å²) in [5, 5.41) is 15.6. The first kappa shape index (κ1) is 14.0. The minimum Gasteiger partial charge on any atom is -0.507 e. The van der Waals surface area contributed by atoms with Crippen molar-refractivity contribution in [2.75, 3.05) is 39.3 Å².